The molecule has 1 unspecified atom stereocenters. The molecule has 1 atom stereocenters. The third-order valence-corrected chi connectivity index (χ3v) is 4.50. The molecule has 2 heterocycles. The number of aromatic nitrogens is 2. The molecule has 0 bridgehead atoms. The van der Waals surface area contributed by atoms with Crippen LogP contribution in [0.5, 0.6) is 0 Å². The second kappa shape index (κ2) is 7.20. The topological polar surface area (TPSA) is 53.3 Å². The minimum Gasteiger partial charge on any atom is -0.395 e. The molecular formula is C15H28N4O. The monoisotopic (exact) mass is 280 g/mol. The molecule has 1 aliphatic heterocycles. The lowest BCUT2D eigenvalue weighted by atomic mass is 10.0. The summed E-state index contributed by atoms with van der Waals surface area (Å²) in [6.45, 7) is 8.45. The standard InChI is InChI=1S/C15H28N4O/c1-12-15(13(2)18(3)17-12)10-16-7-9-19-8-5-4-6-14(19)11-20/h14,16,20H,4-11H2,1-3H3. The van der Waals surface area contributed by atoms with Gasteiger partial charge in [-0.05, 0) is 33.2 Å². The maximum atomic E-state index is 9.40. The number of aryl methyl sites for hydroxylation is 2. The van der Waals surface area contributed by atoms with E-state index < -0.39 is 0 Å². The van der Waals surface area contributed by atoms with Crippen molar-refractivity contribution < 1.29 is 5.11 Å². The highest BCUT2D eigenvalue weighted by atomic mass is 16.3. The van der Waals surface area contributed by atoms with E-state index in [1.165, 1.54) is 24.1 Å². The second-order valence-electron chi connectivity index (χ2n) is 5.82. The fourth-order valence-electron chi connectivity index (χ4n) is 3.07. The molecule has 2 rings (SSSR count). The number of piperidine rings is 1. The van der Waals surface area contributed by atoms with Crippen LogP contribution in [0.4, 0.5) is 0 Å². The van der Waals surface area contributed by atoms with Crippen molar-refractivity contribution >= 4 is 0 Å². The van der Waals surface area contributed by atoms with Crippen molar-refractivity contribution in [3.05, 3.63) is 17.0 Å². The van der Waals surface area contributed by atoms with E-state index in [-0.39, 0.29) is 0 Å². The lowest BCUT2D eigenvalue weighted by Gasteiger charge is -2.34. The molecule has 1 aliphatic rings. The van der Waals surface area contributed by atoms with Gasteiger partial charge in [0.1, 0.15) is 0 Å². The van der Waals surface area contributed by atoms with Crippen molar-refractivity contribution in [3.63, 3.8) is 0 Å². The molecule has 5 heteroatoms. The van der Waals surface area contributed by atoms with Gasteiger partial charge in [-0.15, -0.1) is 0 Å². The number of hydrogen-bond donors (Lipinski definition) is 2. The fourth-order valence-corrected chi connectivity index (χ4v) is 3.07. The largest absolute Gasteiger partial charge is 0.395 e. The van der Waals surface area contributed by atoms with Gasteiger partial charge in [0.25, 0.3) is 0 Å². The summed E-state index contributed by atoms with van der Waals surface area (Å²) in [7, 11) is 1.99. The molecule has 5 nitrogen and oxygen atoms in total. The van der Waals surface area contributed by atoms with E-state index in [0.29, 0.717) is 12.6 Å². The SMILES string of the molecule is Cc1nn(C)c(C)c1CNCCN1CCCCC1CO. The van der Waals surface area contributed by atoms with E-state index in [4.69, 9.17) is 0 Å². The number of likely N-dealkylation sites (tertiary alicyclic amines) is 1. The quantitative estimate of drug-likeness (QED) is 0.763. The van der Waals surface area contributed by atoms with Crippen molar-refractivity contribution in [2.45, 2.75) is 45.7 Å². The van der Waals surface area contributed by atoms with Gasteiger partial charge in [-0.3, -0.25) is 9.58 Å². The average Bonchev–Trinajstić information content (AvgIpc) is 2.69. The number of nitrogens with one attached hydrogen (secondary N) is 1. The Bertz CT molecular complexity index is 430. The summed E-state index contributed by atoms with van der Waals surface area (Å²) in [6.07, 6.45) is 3.65. The van der Waals surface area contributed by atoms with Gasteiger partial charge in [-0.1, -0.05) is 6.42 Å². The van der Waals surface area contributed by atoms with Crippen LogP contribution in [0.1, 0.15) is 36.2 Å². The molecule has 20 heavy (non-hydrogen) atoms. The van der Waals surface area contributed by atoms with Gasteiger partial charge >= 0.3 is 0 Å². The summed E-state index contributed by atoms with van der Waals surface area (Å²) in [4.78, 5) is 2.42. The summed E-state index contributed by atoms with van der Waals surface area (Å²) in [5.41, 5.74) is 3.66. The minimum absolute atomic E-state index is 0.292. The first-order valence-electron chi connectivity index (χ1n) is 7.68. The Morgan fingerprint density at radius 1 is 1.35 bits per heavy atom. The Morgan fingerprint density at radius 2 is 2.15 bits per heavy atom. The number of hydrogen-bond acceptors (Lipinski definition) is 4. The number of rotatable bonds is 6. The van der Waals surface area contributed by atoms with E-state index in [1.807, 2.05) is 11.7 Å². The van der Waals surface area contributed by atoms with Crippen molar-refractivity contribution in [3.8, 4) is 0 Å². The van der Waals surface area contributed by atoms with Crippen molar-refractivity contribution in [1.82, 2.24) is 20.0 Å². The molecule has 0 aromatic carbocycles. The fraction of sp³-hybridized carbons (Fsp3) is 0.800. The highest BCUT2D eigenvalue weighted by Crippen LogP contribution is 2.16. The van der Waals surface area contributed by atoms with Crippen LogP contribution in [0.15, 0.2) is 0 Å². The van der Waals surface area contributed by atoms with E-state index >= 15 is 0 Å². The first kappa shape index (κ1) is 15.5. The smallest absolute Gasteiger partial charge is 0.0641 e. The third-order valence-electron chi connectivity index (χ3n) is 4.50. The maximum absolute atomic E-state index is 9.40. The lowest BCUT2D eigenvalue weighted by Crippen LogP contribution is -2.44. The third kappa shape index (κ3) is 3.59. The van der Waals surface area contributed by atoms with E-state index in [9.17, 15) is 5.11 Å². The normalized spacial score (nSPS) is 20.5. The van der Waals surface area contributed by atoms with Crippen LogP contribution < -0.4 is 5.32 Å². The zero-order valence-corrected chi connectivity index (χ0v) is 13.0. The lowest BCUT2D eigenvalue weighted by molar-refractivity contribution is 0.0910. The van der Waals surface area contributed by atoms with Gasteiger partial charge in [-0.2, -0.15) is 5.10 Å². The van der Waals surface area contributed by atoms with E-state index in [2.05, 4.69) is 29.2 Å². The predicted molar refractivity (Wildman–Crippen MR) is 80.7 cm³/mol. The van der Waals surface area contributed by atoms with Crippen molar-refractivity contribution in [2.24, 2.45) is 7.05 Å². The van der Waals surface area contributed by atoms with Gasteiger partial charge in [0.2, 0.25) is 0 Å². The van der Waals surface area contributed by atoms with Crippen LogP contribution >= 0.6 is 0 Å². The van der Waals surface area contributed by atoms with Gasteiger partial charge < -0.3 is 10.4 Å². The van der Waals surface area contributed by atoms with Crippen LogP contribution in [-0.2, 0) is 13.6 Å². The van der Waals surface area contributed by atoms with Gasteiger partial charge in [-0.25, -0.2) is 0 Å². The first-order chi connectivity index (χ1) is 9.63. The Balaban J connectivity index is 1.76. The first-order valence-corrected chi connectivity index (χ1v) is 7.68. The second-order valence-corrected chi connectivity index (χ2v) is 5.82. The van der Waals surface area contributed by atoms with Gasteiger partial charge in [0, 0.05) is 44.0 Å². The molecule has 0 spiro atoms. The molecule has 1 saturated heterocycles. The molecule has 1 aromatic heterocycles. The van der Waals surface area contributed by atoms with Crippen LogP contribution in [-0.4, -0.2) is 52.1 Å². The van der Waals surface area contributed by atoms with Gasteiger partial charge in [0.05, 0.1) is 12.3 Å². The molecule has 1 fully saturated rings. The van der Waals surface area contributed by atoms with Gasteiger partial charge in [0.15, 0.2) is 0 Å². The molecule has 1 aromatic rings. The van der Waals surface area contributed by atoms with Crippen molar-refractivity contribution in [2.75, 3.05) is 26.2 Å². The minimum atomic E-state index is 0.292. The highest BCUT2D eigenvalue weighted by molar-refractivity contribution is 5.23. The van der Waals surface area contributed by atoms with Crippen LogP contribution in [0, 0.1) is 13.8 Å². The molecule has 2 N–H and O–H groups in total. The zero-order valence-electron chi connectivity index (χ0n) is 13.0. The molecule has 0 saturated carbocycles. The average molecular weight is 280 g/mol. The predicted octanol–water partition coefficient (Wildman–Crippen LogP) is 0.973. The zero-order chi connectivity index (χ0) is 14.5. The highest BCUT2D eigenvalue weighted by Gasteiger charge is 2.20. The number of aliphatic hydroxyl groups excluding tert-OH is 1. The molecule has 0 radical (unpaired) electrons. The molecule has 114 valence electrons. The molecule has 0 aliphatic carbocycles. The van der Waals surface area contributed by atoms with Crippen LogP contribution in [0.3, 0.4) is 0 Å². The summed E-state index contributed by atoms with van der Waals surface area (Å²) in [5.74, 6) is 0. The Morgan fingerprint density at radius 3 is 2.80 bits per heavy atom. The summed E-state index contributed by atoms with van der Waals surface area (Å²) in [6, 6.07) is 0.368. The Labute approximate surface area is 122 Å². The Kier molecular flexibility index (Phi) is 5.57. The summed E-state index contributed by atoms with van der Waals surface area (Å²) >= 11 is 0. The van der Waals surface area contributed by atoms with Crippen LogP contribution in [0.25, 0.3) is 0 Å². The maximum Gasteiger partial charge on any atom is 0.0641 e. The Hall–Kier alpha value is -0.910. The van der Waals surface area contributed by atoms with Crippen molar-refractivity contribution in [1.29, 1.82) is 0 Å². The van der Waals surface area contributed by atoms with E-state index in [0.717, 1.165) is 38.3 Å². The molecule has 0 amide bonds. The molecular weight excluding hydrogens is 252 g/mol. The summed E-state index contributed by atoms with van der Waals surface area (Å²) in [5, 5.41) is 17.3. The summed E-state index contributed by atoms with van der Waals surface area (Å²) < 4.78 is 1.94. The number of aliphatic hydroxyl groups is 1. The number of nitrogens with zero attached hydrogens (tertiary/aromatic N) is 3. The van der Waals surface area contributed by atoms with Crippen LogP contribution in [0.2, 0.25) is 0 Å². The van der Waals surface area contributed by atoms with E-state index in [1.54, 1.807) is 0 Å².